The molecular formula is C17H22ClF3N2O. The fourth-order valence-electron chi connectivity index (χ4n) is 2.66. The Labute approximate surface area is 146 Å². The van der Waals surface area contributed by atoms with Gasteiger partial charge in [-0.2, -0.15) is 13.2 Å². The van der Waals surface area contributed by atoms with Crippen molar-refractivity contribution in [2.75, 3.05) is 19.6 Å². The predicted octanol–water partition coefficient (Wildman–Crippen LogP) is 3.66. The zero-order valence-corrected chi connectivity index (χ0v) is 14.3. The lowest BCUT2D eigenvalue weighted by molar-refractivity contribution is -0.137. The van der Waals surface area contributed by atoms with E-state index < -0.39 is 17.7 Å². The molecule has 1 amide bonds. The predicted molar refractivity (Wildman–Crippen MR) is 90.3 cm³/mol. The number of alkyl halides is 3. The van der Waals surface area contributed by atoms with Crippen LogP contribution in [0.3, 0.4) is 0 Å². The van der Waals surface area contributed by atoms with Gasteiger partial charge in [-0.15, -0.1) is 12.4 Å². The van der Waals surface area contributed by atoms with Crippen LogP contribution in [0.15, 0.2) is 35.9 Å². The van der Waals surface area contributed by atoms with Gasteiger partial charge in [0.2, 0.25) is 5.91 Å². The van der Waals surface area contributed by atoms with Crippen LogP contribution < -0.4 is 10.6 Å². The van der Waals surface area contributed by atoms with Gasteiger partial charge in [0.15, 0.2) is 0 Å². The van der Waals surface area contributed by atoms with Crippen LogP contribution in [0.1, 0.15) is 36.8 Å². The van der Waals surface area contributed by atoms with Gasteiger partial charge in [-0.1, -0.05) is 36.8 Å². The van der Waals surface area contributed by atoms with Crippen molar-refractivity contribution in [3.8, 4) is 0 Å². The van der Waals surface area contributed by atoms with E-state index in [1.807, 2.05) is 6.08 Å². The van der Waals surface area contributed by atoms with Crippen LogP contribution in [0.4, 0.5) is 13.2 Å². The lowest BCUT2D eigenvalue weighted by Gasteiger charge is -2.19. The van der Waals surface area contributed by atoms with E-state index in [0.717, 1.165) is 37.2 Å². The molecule has 1 aliphatic heterocycles. The van der Waals surface area contributed by atoms with Crippen LogP contribution in [-0.2, 0) is 11.0 Å². The Morgan fingerprint density at radius 2 is 2.12 bits per heavy atom. The van der Waals surface area contributed by atoms with Gasteiger partial charge >= 0.3 is 6.18 Å². The maximum Gasteiger partial charge on any atom is 0.416 e. The van der Waals surface area contributed by atoms with Crippen molar-refractivity contribution in [2.24, 2.45) is 0 Å². The third kappa shape index (κ3) is 5.53. The van der Waals surface area contributed by atoms with Gasteiger partial charge in [-0.3, -0.25) is 4.79 Å². The summed E-state index contributed by atoms with van der Waals surface area (Å²) in [5.41, 5.74) is 0.831. The van der Waals surface area contributed by atoms with Gasteiger partial charge in [0, 0.05) is 13.1 Å². The molecule has 1 aromatic carbocycles. The van der Waals surface area contributed by atoms with Crippen molar-refractivity contribution in [2.45, 2.75) is 31.9 Å². The van der Waals surface area contributed by atoms with Crippen molar-refractivity contribution < 1.29 is 18.0 Å². The topological polar surface area (TPSA) is 41.1 Å². The van der Waals surface area contributed by atoms with E-state index >= 15 is 0 Å². The summed E-state index contributed by atoms with van der Waals surface area (Å²) < 4.78 is 38.4. The highest BCUT2D eigenvalue weighted by molar-refractivity contribution is 5.85. The number of hydrogen-bond donors (Lipinski definition) is 2. The van der Waals surface area contributed by atoms with Crippen molar-refractivity contribution >= 4 is 18.3 Å². The molecule has 1 aromatic rings. The zero-order chi connectivity index (χ0) is 16.9. The van der Waals surface area contributed by atoms with Gasteiger partial charge in [-0.05, 0) is 31.0 Å². The van der Waals surface area contributed by atoms with E-state index in [1.54, 1.807) is 13.0 Å². The molecule has 1 aliphatic rings. The summed E-state index contributed by atoms with van der Waals surface area (Å²) in [6.45, 7) is 3.92. The molecule has 0 radical (unpaired) electrons. The fraction of sp³-hybridized carbons (Fsp3) is 0.471. The highest BCUT2D eigenvalue weighted by Gasteiger charge is 2.31. The van der Waals surface area contributed by atoms with Crippen LogP contribution in [-0.4, -0.2) is 25.5 Å². The largest absolute Gasteiger partial charge is 0.416 e. The maximum absolute atomic E-state index is 12.8. The second kappa shape index (κ2) is 9.08. The molecule has 0 fully saturated rings. The molecule has 1 heterocycles. The van der Waals surface area contributed by atoms with Crippen LogP contribution in [0.25, 0.3) is 0 Å². The lowest BCUT2D eigenvalue weighted by atomic mass is 9.93. The molecule has 0 bridgehead atoms. The van der Waals surface area contributed by atoms with Gasteiger partial charge in [-0.25, -0.2) is 0 Å². The first kappa shape index (κ1) is 20.5. The Morgan fingerprint density at radius 3 is 2.71 bits per heavy atom. The van der Waals surface area contributed by atoms with E-state index in [4.69, 9.17) is 0 Å². The van der Waals surface area contributed by atoms with E-state index in [2.05, 4.69) is 10.6 Å². The van der Waals surface area contributed by atoms with Crippen LogP contribution in [0.2, 0.25) is 0 Å². The molecule has 0 spiro atoms. The summed E-state index contributed by atoms with van der Waals surface area (Å²) in [7, 11) is 0. The molecule has 7 heteroatoms. The van der Waals surface area contributed by atoms with E-state index in [1.165, 1.54) is 6.07 Å². The van der Waals surface area contributed by atoms with E-state index in [0.29, 0.717) is 18.5 Å². The summed E-state index contributed by atoms with van der Waals surface area (Å²) in [4.78, 5) is 12.3. The molecule has 0 aromatic heterocycles. The van der Waals surface area contributed by atoms with E-state index in [9.17, 15) is 18.0 Å². The second-order valence-corrected chi connectivity index (χ2v) is 5.62. The Hall–Kier alpha value is -1.53. The van der Waals surface area contributed by atoms with Crippen LogP contribution in [0, 0.1) is 0 Å². The van der Waals surface area contributed by atoms with Crippen molar-refractivity contribution in [1.29, 1.82) is 0 Å². The number of carbonyl (C=O) groups excluding carboxylic acids is 1. The van der Waals surface area contributed by atoms with Crippen LogP contribution >= 0.6 is 12.4 Å². The molecule has 1 atom stereocenters. The molecule has 2 N–H and O–H groups in total. The summed E-state index contributed by atoms with van der Waals surface area (Å²) >= 11 is 0. The van der Waals surface area contributed by atoms with Crippen molar-refractivity contribution in [3.05, 3.63) is 47.0 Å². The number of nitrogens with one attached hydrogen (secondary N) is 2. The SMILES string of the molecule is CCC(C(=O)NCC1=CCNCC1)c1cccc(C(F)(F)F)c1.Cl. The fourth-order valence-corrected chi connectivity index (χ4v) is 2.66. The highest BCUT2D eigenvalue weighted by Crippen LogP contribution is 2.31. The lowest BCUT2D eigenvalue weighted by Crippen LogP contribution is -2.33. The Balaban J connectivity index is 0.00000288. The Bertz CT molecular complexity index is 587. The summed E-state index contributed by atoms with van der Waals surface area (Å²) in [6, 6.07) is 5.02. The normalized spacial score (nSPS) is 15.9. The number of amides is 1. The number of benzene rings is 1. The third-order valence-electron chi connectivity index (χ3n) is 3.99. The van der Waals surface area contributed by atoms with Gasteiger partial charge < -0.3 is 10.6 Å². The summed E-state index contributed by atoms with van der Waals surface area (Å²) in [5.74, 6) is -0.800. The quantitative estimate of drug-likeness (QED) is 0.785. The van der Waals surface area contributed by atoms with E-state index in [-0.39, 0.29) is 18.3 Å². The standard InChI is InChI=1S/C17H21F3N2O.ClH/c1-2-15(13-4-3-5-14(10-13)17(18,19)20)16(23)22-11-12-6-8-21-9-7-12;/h3-6,10,15,21H,2,7-9,11H2,1H3,(H,22,23);1H. The van der Waals surface area contributed by atoms with Gasteiger partial charge in [0.1, 0.15) is 0 Å². The number of rotatable bonds is 5. The average Bonchev–Trinajstić information content (AvgIpc) is 2.54. The Kier molecular flexibility index (Phi) is 7.76. The molecule has 134 valence electrons. The first-order chi connectivity index (χ1) is 10.9. The second-order valence-electron chi connectivity index (χ2n) is 5.62. The Morgan fingerprint density at radius 1 is 1.38 bits per heavy atom. The molecule has 3 nitrogen and oxygen atoms in total. The molecule has 24 heavy (non-hydrogen) atoms. The third-order valence-corrected chi connectivity index (χ3v) is 3.99. The number of carbonyl (C=O) groups is 1. The summed E-state index contributed by atoms with van der Waals surface area (Å²) in [6.07, 6.45) is -1.03. The number of halogens is 4. The maximum atomic E-state index is 12.8. The average molecular weight is 363 g/mol. The molecule has 0 saturated carbocycles. The smallest absolute Gasteiger partial charge is 0.352 e. The highest BCUT2D eigenvalue weighted by atomic mass is 35.5. The first-order valence-electron chi connectivity index (χ1n) is 7.75. The molecule has 2 rings (SSSR count). The summed E-state index contributed by atoms with van der Waals surface area (Å²) in [5, 5.41) is 6.03. The van der Waals surface area contributed by atoms with Gasteiger partial charge in [0.05, 0.1) is 11.5 Å². The minimum Gasteiger partial charge on any atom is -0.352 e. The monoisotopic (exact) mass is 362 g/mol. The molecular weight excluding hydrogens is 341 g/mol. The first-order valence-corrected chi connectivity index (χ1v) is 7.75. The molecule has 1 unspecified atom stereocenters. The van der Waals surface area contributed by atoms with Crippen molar-refractivity contribution in [3.63, 3.8) is 0 Å². The van der Waals surface area contributed by atoms with Crippen LogP contribution in [0.5, 0.6) is 0 Å². The molecule has 0 aliphatic carbocycles. The zero-order valence-electron chi connectivity index (χ0n) is 13.5. The van der Waals surface area contributed by atoms with Gasteiger partial charge in [0.25, 0.3) is 0 Å². The minimum absolute atomic E-state index is 0. The molecule has 0 saturated heterocycles. The number of hydrogen-bond acceptors (Lipinski definition) is 2. The minimum atomic E-state index is -4.40. The van der Waals surface area contributed by atoms with Crippen molar-refractivity contribution in [1.82, 2.24) is 10.6 Å².